The Morgan fingerprint density at radius 3 is 2.86 bits per heavy atom. The molecule has 0 spiro atoms. The van der Waals surface area contributed by atoms with Gasteiger partial charge in [-0.25, -0.2) is 0 Å². The summed E-state index contributed by atoms with van der Waals surface area (Å²) in [7, 11) is 1.72. The third-order valence-corrected chi connectivity index (χ3v) is 3.16. The van der Waals surface area contributed by atoms with E-state index in [2.05, 4.69) is 13.0 Å². The molecule has 0 aliphatic rings. The standard InChI is InChI=1S/C11H17NOS/c1-8-5-4-6-10(11(8)12)14-9(2)7-13-3/h4-6,9H,7,12H2,1-3H3. The van der Waals surface area contributed by atoms with Crippen LogP contribution in [0.5, 0.6) is 0 Å². The van der Waals surface area contributed by atoms with Gasteiger partial charge in [0.2, 0.25) is 0 Å². The largest absolute Gasteiger partial charge is 0.398 e. The zero-order valence-corrected chi connectivity index (χ0v) is 9.73. The summed E-state index contributed by atoms with van der Waals surface area (Å²) in [5, 5.41) is 0.434. The van der Waals surface area contributed by atoms with E-state index >= 15 is 0 Å². The molecule has 3 heteroatoms. The number of hydrogen-bond acceptors (Lipinski definition) is 3. The van der Waals surface area contributed by atoms with Gasteiger partial charge < -0.3 is 10.5 Å². The van der Waals surface area contributed by atoms with Gasteiger partial charge in [0.15, 0.2) is 0 Å². The van der Waals surface area contributed by atoms with Crippen molar-refractivity contribution in [3.63, 3.8) is 0 Å². The van der Waals surface area contributed by atoms with Crippen LogP contribution in [0.25, 0.3) is 0 Å². The predicted molar refractivity (Wildman–Crippen MR) is 62.8 cm³/mol. The molecular weight excluding hydrogens is 194 g/mol. The van der Waals surface area contributed by atoms with Crippen LogP contribution in [0, 0.1) is 6.92 Å². The maximum Gasteiger partial charge on any atom is 0.0582 e. The molecular formula is C11H17NOS. The minimum absolute atomic E-state index is 0.434. The highest BCUT2D eigenvalue weighted by molar-refractivity contribution is 8.00. The maximum atomic E-state index is 5.97. The Hall–Kier alpha value is -0.670. The van der Waals surface area contributed by atoms with E-state index < -0.39 is 0 Å². The number of para-hydroxylation sites is 1. The number of thioether (sulfide) groups is 1. The molecule has 0 aliphatic heterocycles. The molecule has 1 aromatic carbocycles. The minimum Gasteiger partial charge on any atom is -0.398 e. The van der Waals surface area contributed by atoms with Crippen LogP contribution in [0.3, 0.4) is 0 Å². The number of ether oxygens (including phenoxy) is 1. The Balaban J connectivity index is 2.71. The summed E-state index contributed by atoms with van der Waals surface area (Å²) in [5.41, 5.74) is 7.99. The highest BCUT2D eigenvalue weighted by atomic mass is 32.2. The summed E-state index contributed by atoms with van der Waals surface area (Å²) in [6.07, 6.45) is 0. The van der Waals surface area contributed by atoms with Gasteiger partial charge >= 0.3 is 0 Å². The van der Waals surface area contributed by atoms with Gasteiger partial charge in [-0.3, -0.25) is 0 Å². The second-order valence-electron chi connectivity index (χ2n) is 3.37. The van der Waals surface area contributed by atoms with Crippen molar-refractivity contribution in [1.82, 2.24) is 0 Å². The van der Waals surface area contributed by atoms with Crippen molar-refractivity contribution >= 4 is 17.4 Å². The molecule has 0 saturated carbocycles. The van der Waals surface area contributed by atoms with Crippen molar-refractivity contribution in [3.8, 4) is 0 Å². The Bertz CT molecular complexity index is 301. The second kappa shape index (κ2) is 5.27. The van der Waals surface area contributed by atoms with Gasteiger partial charge in [0.25, 0.3) is 0 Å². The van der Waals surface area contributed by atoms with Crippen molar-refractivity contribution in [2.45, 2.75) is 24.0 Å². The molecule has 0 bridgehead atoms. The molecule has 2 N–H and O–H groups in total. The SMILES string of the molecule is COCC(C)Sc1cccc(C)c1N. The molecule has 1 rings (SSSR count). The predicted octanol–water partition coefficient (Wildman–Crippen LogP) is 2.70. The molecule has 1 atom stereocenters. The van der Waals surface area contributed by atoms with Crippen molar-refractivity contribution < 1.29 is 4.74 Å². The average molecular weight is 211 g/mol. The number of nitrogens with two attached hydrogens (primary N) is 1. The molecule has 0 amide bonds. The number of aryl methyl sites for hydroxylation is 1. The smallest absolute Gasteiger partial charge is 0.0582 e. The van der Waals surface area contributed by atoms with E-state index in [0.717, 1.165) is 22.8 Å². The molecule has 1 aromatic rings. The Morgan fingerprint density at radius 1 is 1.50 bits per heavy atom. The maximum absolute atomic E-state index is 5.97. The van der Waals surface area contributed by atoms with E-state index in [0.29, 0.717) is 5.25 Å². The summed E-state index contributed by atoms with van der Waals surface area (Å²) in [4.78, 5) is 1.15. The third-order valence-electron chi connectivity index (χ3n) is 2.01. The van der Waals surface area contributed by atoms with Crippen LogP contribution in [0.15, 0.2) is 23.1 Å². The highest BCUT2D eigenvalue weighted by Gasteiger charge is 2.07. The van der Waals surface area contributed by atoms with E-state index in [1.165, 1.54) is 0 Å². The fraction of sp³-hybridized carbons (Fsp3) is 0.455. The van der Waals surface area contributed by atoms with Crippen LogP contribution in [0.1, 0.15) is 12.5 Å². The number of nitrogen functional groups attached to an aromatic ring is 1. The normalized spacial score (nSPS) is 12.8. The number of benzene rings is 1. The molecule has 0 aliphatic carbocycles. The lowest BCUT2D eigenvalue weighted by Gasteiger charge is -2.12. The molecule has 0 radical (unpaired) electrons. The van der Waals surface area contributed by atoms with Gasteiger partial charge in [0.1, 0.15) is 0 Å². The monoisotopic (exact) mass is 211 g/mol. The second-order valence-corrected chi connectivity index (χ2v) is 4.85. The van der Waals surface area contributed by atoms with Crippen molar-refractivity contribution in [2.24, 2.45) is 0 Å². The third kappa shape index (κ3) is 2.93. The van der Waals surface area contributed by atoms with E-state index in [9.17, 15) is 0 Å². The lowest BCUT2D eigenvalue weighted by Crippen LogP contribution is -2.05. The number of methoxy groups -OCH3 is 1. The molecule has 0 saturated heterocycles. The molecule has 0 fully saturated rings. The molecule has 78 valence electrons. The van der Waals surface area contributed by atoms with Crippen LogP contribution in [0.2, 0.25) is 0 Å². The van der Waals surface area contributed by atoms with Crippen LogP contribution in [-0.4, -0.2) is 19.0 Å². The summed E-state index contributed by atoms with van der Waals surface area (Å²) < 4.78 is 5.08. The first-order valence-corrected chi connectivity index (χ1v) is 5.53. The van der Waals surface area contributed by atoms with E-state index in [1.54, 1.807) is 18.9 Å². The van der Waals surface area contributed by atoms with Gasteiger partial charge in [0, 0.05) is 22.9 Å². The van der Waals surface area contributed by atoms with Gasteiger partial charge in [-0.1, -0.05) is 19.1 Å². The molecule has 0 heterocycles. The lowest BCUT2D eigenvalue weighted by atomic mass is 10.2. The topological polar surface area (TPSA) is 35.2 Å². The first-order chi connectivity index (χ1) is 6.65. The van der Waals surface area contributed by atoms with Crippen LogP contribution in [-0.2, 0) is 4.74 Å². The Labute approximate surface area is 89.8 Å². The van der Waals surface area contributed by atoms with Crippen LogP contribution < -0.4 is 5.73 Å². The van der Waals surface area contributed by atoms with E-state index in [1.807, 2.05) is 19.1 Å². The zero-order chi connectivity index (χ0) is 10.6. The Morgan fingerprint density at radius 2 is 2.21 bits per heavy atom. The van der Waals surface area contributed by atoms with E-state index in [4.69, 9.17) is 10.5 Å². The first kappa shape index (κ1) is 11.4. The van der Waals surface area contributed by atoms with Gasteiger partial charge in [-0.15, -0.1) is 11.8 Å². The number of rotatable bonds is 4. The highest BCUT2D eigenvalue weighted by Crippen LogP contribution is 2.30. The van der Waals surface area contributed by atoms with Crippen molar-refractivity contribution in [1.29, 1.82) is 0 Å². The lowest BCUT2D eigenvalue weighted by molar-refractivity contribution is 0.203. The molecule has 1 unspecified atom stereocenters. The Kier molecular flexibility index (Phi) is 4.29. The number of anilines is 1. The first-order valence-electron chi connectivity index (χ1n) is 4.66. The summed E-state index contributed by atoms with van der Waals surface area (Å²) in [6.45, 7) is 4.91. The summed E-state index contributed by atoms with van der Waals surface area (Å²) in [5.74, 6) is 0. The molecule has 14 heavy (non-hydrogen) atoms. The number of hydrogen-bond donors (Lipinski definition) is 1. The fourth-order valence-electron chi connectivity index (χ4n) is 1.24. The quantitative estimate of drug-likeness (QED) is 0.614. The average Bonchev–Trinajstić information content (AvgIpc) is 2.13. The van der Waals surface area contributed by atoms with Gasteiger partial charge in [-0.05, 0) is 18.6 Å². The van der Waals surface area contributed by atoms with Crippen molar-refractivity contribution in [2.75, 3.05) is 19.5 Å². The van der Waals surface area contributed by atoms with Crippen LogP contribution >= 0.6 is 11.8 Å². The minimum atomic E-state index is 0.434. The molecule has 0 aromatic heterocycles. The van der Waals surface area contributed by atoms with Crippen LogP contribution in [0.4, 0.5) is 5.69 Å². The van der Waals surface area contributed by atoms with Crippen molar-refractivity contribution in [3.05, 3.63) is 23.8 Å². The molecule has 2 nitrogen and oxygen atoms in total. The summed E-state index contributed by atoms with van der Waals surface area (Å²) >= 11 is 1.76. The fourth-order valence-corrected chi connectivity index (χ4v) is 2.32. The summed E-state index contributed by atoms with van der Waals surface area (Å²) in [6, 6.07) is 6.12. The van der Waals surface area contributed by atoms with Gasteiger partial charge in [-0.2, -0.15) is 0 Å². The van der Waals surface area contributed by atoms with Gasteiger partial charge in [0.05, 0.1) is 6.61 Å². The van der Waals surface area contributed by atoms with E-state index in [-0.39, 0.29) is 0 Å². The zero-order valence-electron chi connectivity index (χ0n) is 8.91.